The molecule has 9 aromatic rings. The molecule has 2 aromatic heterocycles. The Morgan fingerprint density at radius 1 is 0.274 bits per heavy atom. The molecule has 274 valence electrons. The van der Waals surface area contributed by atoms with Crippen molar-refractivity contribution in [1.82, 2.24) is 9.13 Å². The molecule has 2 aliphatic rings. The normalized spacial score (nSPS) is 12.5. The predicted octanol–water partition coefficient (Wildman–Crippen LogP) is -20.5. The molecule has 30 heteroatoms. The third-order valence-electron chi connectivity index (χ3n) is 14.4. The van der Waals surface area contributed by atoms with Crippen molar-refractivity contribution >= 4 is 386 Å². The summed E-state index contributed by atoms with van der Waals surface area (Å²) < 4.78 is 16.2. The van der Waals surface area contributed by atoms with Crippen molar-refractivity contribution in [3.63, 3.8) is 0 Å². The van der Waals surface area contributed by atoms with Gasteiger partial charge in [0.05, 0.1) is 5.69 Å². The van der Waals surface area contributed by atoms with E-state index < -0.39 is 6.71 Å². The molecule has 11 rings (SSSR count). The predicted molar refractivity (Wildman–Crippen MR) is 327 cm³/mol. The van der Waals surface area contributed by atoms with Crippen LogP contribution in [0, 0.1) is 11.3 Å². The summed E-state index contributed by atoms with van der Waals surface area (Å²) in [6.07, 6.45) is 0. The van der Waals surface area contributed by atoms with Gasteiger partial charge in [0.15, 0.2) is 0 Å². The number of ether oxygens (including phenoxy) is 2. The second kappa shape index (κ2) is 16.4. The van der Waals surface area contributed by atoms with E-state index in [1.54, 1.807) is 0 Å². The minimum atomic E-state index is -1.35. The molecule has 0 amide bonds. The summed E-state index contributed by atoms with van der Waals surface area (Å²) in [7, 11) is 163. The van der Waals surface area contributed by atoms with Crippen LogP contribution in [0.15, 0.2) is 0 Å². The second-order valence-electron chi connectivity index (χ2n) is 17.9. The minimum absolute atomic E-state index is 0.0269. The van der Waals surface area contributed by atoms with Crippen molar-refractivity contribution in [3.8, 4) is 40.4 Å². The Morgan fingerprint density at radius 2 is 0.534 bits per heavy atom. The lowest BCUT2D eigenvalue weighted by Crippen LogP contribution is -2.71. The van der Waals surface area contributed by atoms with Crippen LogP contribution in [0.25, 0.3) is 55.0 Å². The first-order valence-corrected chi connectivity index (χ1v) is 21.4. The third kappa shape index (κ3) is 5.98. The monoisotopic (exact) mass is 865 g/mol. The number of benzene rings is 7. The molecule has 73 heavy (non-hydrogen) atoms. The van der Waals surface area contributed by atoms with E-state index in [9.17, 15) is 5.26 Å². The van der Waals surface area contributed by atoms with Crippen molar-refractivity contribution in [2.75, 3.05) is 0 Å². The Kier molecular flexibility index (Phi) is 11.3. The Hall–Kier alpha value is -5.15. The molecular weight excluding hydrogens is 861 g/mol. The topological polar surface area (TPSA) is 52.1 Å². The number of rotatable bonds is 2. The number of hydrogen-bond donors (Lipinski definition) is 0. The average Bonchev–Trinajstić information content (AvgIpc) is 3.92. The van der Waals surface area contributed by atoms with Crippen LogP contribution in [0.3, 0.4) is 0 Å². The summed E-state index contributed by atoms with van der Waals surface area (Å²) in [4.78, 5) is 0. The first-order valence-electron chi connectivity index (χ1n) is 21.4. The van der Waals surface area contributed by atoms with Crippen LogP contribution in [0.5, 0.6) is 23.0 Å². The van der Waals surface area contributed by atoms with E-state index in [1.807, 2.05) is 0 Å². The zero-order valence-electron chi connectivity index (χ0n) is 38.1. The summed E-state index contributed by atoms with van der Waals surface area (Å²) in [5.74, 6) is -0.618. The van der Waals surface area contributed by atoms with Crippen LogP contribution in [0.2, 0.25) is 0 Å². The van der Waals surface area contributed by atoms with Crippen molar-refractivity contribution < 1.29 is 9.47 Å². The van der Waals surface area contributed by atoms with E-state index in [1.165, 1.54) is 9.13 Å². The van der Waals surface area contributed by atoms with E-state index in [0.29, 0.717) is 0 Å². The number of aromatic nitrogens is 2. The van der Waals surface area contributed by atoms with Gasteiger partial charge in [-0.2, -0.15) is 5.26 Å². The molecule has 0 N–H and O–H groups in total. The molecule has 7 aromatic carbocycles. The molecular formula is C43B25N3O2. The maximum absolute atomic E-state index is 12.1. The van der Waals surface area contributed by atoms with Crippen molar-refractivity contribution in [2.24, 2.45) is 0 Å². The summed E-state index contributed by atoms with van der Waals surface area (Å²) in [5.41, 5.74) is -4.82. The highest BCUT2D eigenvalue weighted by molar-refractivity contribution is 7.03. The first-order chi connectivity index (χ1) is 34.3. The lowest BCUT2D eigenvalue weighted by Gasteiger charge is -2.40. The molecule has 0 saturated carbocycles. The largest absolute Gasteiger partial charge is 0.460 e. The molecule has 0 bridgehead atoms. The number of fused-ring (bicyclic) bond motifs is 10. The van der Waals surface area contributed by atoms with Gasteiger partial charge in [0.1, 0.15) is 229 Å². The lowest BCUT2D eigenvalue weighted by molar-refractivity contribution is 0.471. The van der Waals surface area contributed by atoms with Crippen LogP contribution < -0.4 is 157 Å². The fourth-order valence-corrected chi connectivity index (χ4v) is 10.7. The van der Waals surface area contributed by atoms with Crippen LogP contribution in [0.1, 0.15) is 5.56 Å². The van der Waals surface area contributed by atoms with Crippen molar-refractivity contribution in [2.45, 2.75) is 0 Å². The van der Waals surface area contributed by atoms with Gasteiger partial charge in [-0.25, -0.2) is 0 Å². The molecule has 5 nitrogen and oxygen atoms in total. The summed E-state index contributed by atoms with van der Waals surface area (Å²) in [6.45, 7) is -1.35. The third-order valence-corrected chi connectivity index (χ3v) is 14.4. The lowest BCUT2D eigenvalue weighted by atomic mass is 9.30. The van der Waals surface area contributed by atoms with Gasteiger partial charge in [-0.15, -0.1) is 65.6 Å². The first kappa shape index (κ1) is 50.0. The molecule has 2 aliphatic heterocycles. The van der Waals surface area contributed by atoms with E-state index in [4.69, 9.17) is 198 Å². The highest BCUT2D eigenvalue weighted by atomic mass is 16.5. The molecule has 0 saturated heterocycles. The second-order valence-corrected chi connectivity index (χ2v) is 17.9. The van der Waals surface area contributed by atoms with E-state index in [2.05, 4.69) is 6.07 Å². The Morgan fingerprint density at radius 3 is 0.890 bits per heavy atom. The zero-order chi connectivity index (χ0) is 53.1. The van der Waals surface area contributed by atoms with Crippen LogP contribution >= 0.6 is 0 Å². The standard InChI is InChI=1S/C43B25N3O2/c44-7-3-4-8(45)12(49)17(54)24(61)37(4)70(36(3)23(60)16(53)11(7)48)34-2(1-69)35(71-38-5(9(46)13(50)18(55)25(38)62)6-10(47)14(51)19(56)26(63)39(6)71)43-32(30(34)67)68-31-22(59)15(52)20(57)27(64)40(31)72-41-28(65)21(58)29(66)42(73-43)33(41)68. The average molecular weight is 861 g/mol. The van der Waals surface area contributed by atoms with Crippen molar-refractivity contribution in [3.05, 3.63) is 5.56 Å². The van der Waals surface area contributed by atoms with Gasteiger partial charge in [-0.3, -0.25) is 0 Å². The van der Waals surface area contributed by atoms with Gasteiger partial charge in [0, 0.05) is 27.5 Å². The summed E-state index contributed by atoms with van der Waals surface area (Å²) >= 11 is 0. The number of nitrogens with zero attached hydrogens (tertiary/aromatic N) is 3. The van der Waals surface area contributed by atoms with Crippen LogP contribution in [-0.4, -0.2) is 204 Å². The Labute approximate surface area is 453 Å². The highest BCUT2D eigenvalue weighted by Crippen LogP contribution is 2.41. The van der Waals surface area contributed by atoms with Crippen LogP contribution in [0.4, 0.5) is 0 Å². The van der Waals surface area contributed by atoms with Gasteiger partial charge in [0.25, 0.3) is 6.71 Å². The van der Waals surface area contributed by atoms with Gasteiger partial charge in [0.2, 0.25) is 0 Å². The fraction of sp³-hybridized carbons (Fsp3) is 0. The molecule has 4 heterocycles. The van der Waals surface area contributed by atoms with E-state index in [-0.39, 0.29) is 231 Å². The number of hydrogen-bond acceptors (Lipinski definition) is 3. The zero-order valence-corrected chi connectivity index (χ0v) is 38.1. The smallest absolute Gasteiger partial charge is 0.259 e. The molecule has 0 atom stereocenters. The molecule has 0 fully saturated rings. The summed E-state index contributed by atoms with van der Waals surface area (Å²) in [6, 6.07) is 2.31. The molecule has 0 unspecified atom stereocenters. The highest BCUT2D eigenvalue weighted by Gasteiger charge is 2.47. The minimum Gasteiger partial charge on any atom is -0.460 e. The molecule has 48 radical (unpaired) electrons. The van der Waals surface area contributed by atoms with Gasteiger partial charge in [-0.05, 0) is 32.5 Å². The maximum atomic E-state index is 12.1. The SMILES string of the molecule is [B]c1c([B])c([B])c2c(c1[B])Oc1c([B])c([B])c([B])c3c1B2c1c([B])c(-n2c4c([B])c([B])c([B])c([B])c4c4c([B])c([B])c([B])c([B])c42)c(C#N)c(-n2c4c([B])c([B])c([B])c([B])c4c4c([B])c([B])c([B])c([B])c42)c1O3. The van der Waals surface area contributed by atoms with Gasteiger partial charge in [-0.1, -0.05) is 65.6 Å². The van der Waals surface area contributed by atoms with E-state index in [0.717, 1.165) is 0 Å². The maximum Gasteiger partial charge on any atom is 0.259 e. The number of nitriles is 1. The van der Waals surface area contributed by atoms with Crippen LogP contribution in [-0.2, 0) is 0 Å². The van der Waals surface area contributed by atoms with Gasteiger partial charge >= 0.3 is 0 Å². The van der Waals surface area contributed by atoms with Crippen molar-refractivity contribution in [1.29, 1.82) is 5.26 Å². The Bertz CT molecular complexity index is 4120. The quantitative estimate of drug-likeness (QED) is 0.163. The molecule has 0 aliphatic carbocycles. The Balaban J connectivity index is 1.52. The summed E-state index contributed by atoms with van der Waals surface area (Å²) in [5, 5.41) is 12.4. The van der Waals surface area contributed by atoms with Gasteiger partial charge < -0.3 is 18.6 Å². The van der Waals surface area contributed by atoms with E-state index >= 15 is 0 Å². The molecule has 0 spiro atoms. The fourth-order valence-electron chi connectivity index (χ4n) is 10.7.